The molecule has 3 nitrogen and oxygen atoms in total. The highest BCUT2D eigenvalue weighted by atomic mass is 28.3. The third-order valence-electron chi connectivity index (χ3n) is 4.61. The van der Waals surface area contributed by atoms with Crippen molar-refractivity contribution >= 4 is 8.07 Å². The second kappa shape index (κ2) is 5.13. The summed E-state index contributed by atoms with van der Waals surface area (Å²) in [6.07, 6.45) is 3.28. The minimum absolute atomic E-state index is 0.278. The molecule has 4 heteroatoms. The predicted molar refractivity (Wildman–Crippen MR) is 79.9 cm³/mol. The van der Waals surface area contributed by atoms with Crippen LogP contribution in [0.15, 0.2) is 0 Å². The van der Waals surface area contributed by atoms with E-state index < -0.39 is 13.7 Å². The lowest BCUT2D eigenvalue weighted by atomic mass is 9.78. The first-order chi connectivity index (χ1) is 8.64. The van der Waals surface area contributed by atoms with E-state index in [1.54, 1.807) is 0 Å². The maximum Gasteiger partial charge on any atom is 0.171 e. The van der Waals surface area contributed by atoms with Gasteiger partial charge in [0.2, 0.25) is 0 Å². The Balaban J connectivity index is 2.22. The maximum atomic E-state index is 10.7. The normalized spacial score (nSPS) is 29.1. The van der Waals surface area contributed by atoms with Crippen molar-refractivity contribution in [2.75, 3.05) is 13.2 Å². The highest BCUT2D eigenvalue weighted by Crippen LogP contribution is 2.50. The summed E-state index contributed by atoms with van der Waals surface area (Å²) < 4.78 is 12.0. The lowest BCUT2D eigenvalue weighted by molar-refractivity contribution is -0.205. The molecule has 0 aromatic heterocycles. The Morgan fingerprint density at radius 3 is 2.32 bits per heavy atom. The van der Waals surface area contributed by atoms with Crippen LogP contribution in [-0.2, 0) is 9.47 Å². The molecule has 2 rings (SSSR count). The molecule has 1 spiro atoms. The summed E-state index contributed by atoms with van der Waals surface area (Å²) in [6, 6.07) is 1.13. The van der Waals surface area contributed by atoms with Gasteiger partial charge in [-0.1, -0.05) is 25.7 Å². The Labute approximate surface area is 118 Å². The highest BCUT2D eigenvalue weighted by molar-refractivity contribution is 6.76. The average molecular weight is 286 g/mol. The molecule has 0 bridgehead atoms. The van der Waals surface area contributed by atoms with Crippen LogP contribution in [-0.4, -0.2) is 37.8 Å². The van der Waals surface area contributed by atoms with Gasteiger partial charge in [-0.25, -0.2) is 0 Å². The summed E-state index contributed by atoms with van der Waals surface area (Å²) in [5.74, 6) is 0.242. The zero-order valence-corrected chi connectivity index (χ0v) is 14.2. The number of ether oxygens (including phenoxy) is 2. The first-order valence-corrected chi connectivity index (χ1v) is 11.4. The molecule has 0 unspecified atom stereocenters. The van der Waals surface area contributed by atoms with Crippen molar-refractivity contribution in [3.8, 4) is 0 Å². The van der Waals surface area contributed by atoms with Crippen LogP contribution in [0.25, 0.3) is 0 Å². The van der Waals surface area contributed by atoms with Gasteiger partial charge in [0.05, 0.1) is 18.8 Å². The van der Waals surface area contributed by atoms with E-state index in [4.69, 9.17) is 9.47 Å². The van der Waals surface area contributed by atoms with Crippen molar-refractivity contribution < 1.29 is 14.6 Å². The highest BCUT2D eigenvalue weighted by Gasteiger charge is 2.54. The van der Waals surface area contributed by atoms with E-state index in [-0.39, 0.29) is 11.7 Å². The Morgan fingerprint density at radius 1 is 1.26 bits per heavy atom. The first kappa shape index (κ1) is 15.5. The second-order valence-corrected chi connectivity index (χ2v) is 13.6. The molecule has 1 N–H and O–H groups in total. The van der Waals surface area contributed by atoms with E-state index in [0.29, 0.717) is 19.1 Å². The summed E-state index contributed by atoms with van der Waals surface area (Å²) in [4.78, 5) is 0. The van der Waals surface area contributed by atoms with Gasteiger partial charge in [0.1, 0.15) is 0 Å². The Bertz CT molecular complexity index is 305. The molecule has 0 radical (unpaired) electrons. The quantitative estimate of drug-likeness (QED) is 0.806. The van der Waals surface area contributed by atoms with Crippen molar-refractivity contribution in [2.45, 2.75) is 70.2 Å². The van der Waals surface area contributed by atoms with E-state index >= 15 is 0 Å². The van der Waals surface area contributed by atoms with Gasteiger partial charge in [0.25, 0.3) is 0 Å². The van der Waals surface area contributed by atoms with Crippen LogP contribution >= 0.6 is 0 Å². The molecule has 1 saturated carbocycles. The molecule has 1 aliphatic heterocycles. The van der Waals surface area contributed by atoms with E-state index in [2.05, 4.69) is 19.6 Å². The number of hydrogen-bond donors (Lipinski definition) is 1. The standard InChI is InChI=1S/C15H30O3Si/c1-14(2,16)13(11-19(3,4)5)12-7-6-8-15(12)17-9-10-18-15/h12-13,16H,6-11H2,1-5H3/t12-,13+/m0/s1. The molecule has 2 atom stereocenters. The van der Waals surface area contributed by atoms with E-state index in [0.717, 1.165) is 25.3 Å². The minimum atomic E-state index is -1.24. The largest absolute Gasteiger partial charge is 0.390 e. The molecular weight excluding hydrogens is 256 g/mol. The van der Waals surface area contributed by atoms with Crippen molar-refractivity contribution in [3.05, 3.63) is 0 Å². The maximum absolute atomic E-state index is 10.7. The van der Waals surface area contributed by atoms with E-state index in [1.165, 1.54) is 0 Å². The van der Waals surface area contributed by atoms with Crippen molar-refractivity contribution in [3.63, 3.8) is 0 Å². The summed E-state index contributed by atoms with van der Waals surface area (Å²) in [5.41, 5.74) is -0.655. The Hall–Kier alpha value is 0.0969. The monoisotopic (exact) mass is 286 g/mol. The van der Waals surface area contributed by atoms with Gasteiger partial charge in [-0.15, -0.1) is 0 Å². The number of hydrogen-bond acceptors (Lipinski definition) is 3. The lowest BCUT2D eigenvalue weighted by Gasteiger charge is -2.43. The number of aliphatic hydroxyl groups is 1. The molecular formula is C15H30O3Si. The smallest absolute Gasteiger partial charge is 0.171 e. The minimum Gasteiger partial charge on any atom is -0.390 e. The molecule has 1 aliphatic carbocycles. The summed E-state index contributed by atoms with van der Waals surface area (Å²) >= 11 is 0. The zero-order valence-electron chi connectivity index (χ0n) is 13.2. The Morgan fingerprint density at radius 2 is 1.84 bits per heavy atom. The molecule has 0 aromatic carbocycles. The van der Waals surface area contributed by atoms with Crippen LogP contribution in [0, 0.1) is 11.8 Å². The fourth-order valence-corrected chi connectivity index (χ4v) is 5.96. The van der Waals surface area contributed by atoms with Gasteiger partial charge in [-0.05, 0) is 32.6 Å². The van der Waals surface area contributed by atoms with Crippen molar-refractivity contribution in [2.24, 2.45) is 11.8 Å². The fraction of sp³-hybridized carbons (Fsp3) is 1.00. The van der Waals surface area contributed by atoms with Crippen LogP contribution in [0.4, 0.5) is 0 Å². The Kier molecular flexibility index (Phi) is 4.18. The molecule has 2 fully saturated rings. The van der Waals surface area contributed by atoms with Crippen LogP contribution < -0.4 is 0 Å². The summed E-state index contributed by atoms with van der Waals surface area (Å²) in [7, 11) is -1.24. The van der Waals surface area contributed by atoms with Gasteiger partial charge in [-0.3, -0.25) is 0 Å². The van der Waals surface area contributed by atoms with Gasteiger partial charge in [-0.2, -0.15) is 0 Å². The zero-order chi connectivity index (χ0) is 14.3. The second-order valence-electron chi connectivity index (χ2n) is 8.03. The molecule has 0 aromatic rings. The van der Waals surface area contributed by atoms with Crippen LogP contribution in [0.3, 0.4) is 0 Å². The predicted octanol–water partition coefficient (Wildman–Crippen LogP) is 3.25. The lowest BCUT2D eigenvalue weighted by Crippen LogP contribution is -2.48. The average Bonchev–Trinajstić information content (AvgIpc) is 2.84. The van der Waals surface area contributed by atoms with Gasteiger partial charge >= 0.3 is 0 Å². The number of rotatable bonds is 4. The molecule has 1 heterocycles. The van der Waals surface area contributed by atoms with E-state index in [9.17, 15) is 5.11 Å². The fourth-order valence-electron chi connectivity index (χ4n) is 3.85. The summed E-state index contributed by atoms with van der Waals surface area (Å²) in [5, 5.41) is 10.7. The van der Waals surface area contributed by atoms with Gasteiger partial charge in [0, 0.05) is 20.4 Å². The third kappa shape index (κ3) is 3.41. The first-order valence-electron chi connectivity index (χ1n) is 7.64. The van der Waals surface area contributed by atoms with Crippen LogP contribution in [0.1, 0.15) is 33.1 Å². The van der Waals surface area contributed by atoms with Crippen molar-refractivity contribution in [1.29, 1.82) is 0 Å². The van der Waals surface area contributed by atoms with Crippen LogP contribution in [0.5, 0.6) is 0 Å². The van der Waals surface area contributed by atoms with E-state index in [1.807, 2.05) is 13.8 Å². The van der Waals surface area contributed by atoms with Gasteiger partial charge < -0.3 is 14.6 Å². The van der Waals surface area contributed by atoms with Gasteiger partial charge in [0.15, 0.2) is 5.79 Å². The van der Waals surface area contributed by atoms with Crippen LogP contribution in [0.2, 0.25) is 25.7 Å². The molecule has 112 valence electrons. The molecule has 19 heavy (non-hydrogen) atoms. The SMILES string of the molecule is CC(C)(O)[C@H](C[Si](C)(C)C)[C@@H]1CCCC12OCCO2. The topological polar surface area (TPSA) is 38.7 Å². The summed E-state index contributed by atoms with van der Waals surface area (Å²) in [6.45, 7) is 12.5. The molecule has 0 amide bonds. The molecule has 1 saturated heterocycles. The third-order valence-corrected chi connectivity index (χ3v) is 6.27. The van der Waals surface area contributed by atoms with Crippen molar-refractivity contribution in [1.82, 2.24) is 0 Å². The molecule has 2 aliphatic rings.